The van der Waals surface area contributed by atoms with Gasteiger partial charge in [0.15, 0.2) is 0 Å². The number of aliphatic hydroxyl groups excluding tert-OH is 1. The minimum absolute atomic E-state index is 0.109. The molecule has 0 aromatic carbocycles. The second kappa shape index (κ2) is 5.84. The number of hydrogen-bond donors (Lipinski definition) is 1. The molecule has 0 amide bonds. The zero-order chi connectivity index (χ0) is 12.1. The molecule has 0 aliphatic carbocycles. The van der Waals surface area contributed by atoms with E-state index >= 15 is 0 Å². The third-order valence-corrected chi connectivity index (χ3v) is 2.86. The van der Waals surface area contributed by atoms with Crippen LogP contribution in [0.3, 0.4) is 0 Å². The molecular weight excluding hydrogens is 206 g/mol. The van der Waals surface area contributed by atoms with Crippen molar-refractivity contribution in [1.82, 2.24) is 10.1 Å². The Labute approximate surface area is 96.5 Å². The Hall–Kier alpha value is -1.10. The maximum absolute atomic E-state index is 9.70. The molecule has 2 unspecified atom stereocenters. The summed E-state index contributed by atoms with van der Waals surface area (Å²) in [6.45, 7) is 9.62. The molecule has 0 saturated heterocycles. The van der Waals surface area contributed by atoms with E-state index in [9.17, 15) is 5.11 Å². The lowest BCUT2D eigenvalue weighted by Gasteiger charge is -2.15. The average Bonchev–Trinajstić information content (AvgIpc) is 2.78. The molecule has 5 heteroatoms. The highest BCUT2D eigenvalue weighted by Gasteiger charge is 2.22. The third kappa shape index (κ3) is 2.72. The van der Waals surface area contributed by atoms with Crippen LogP contribution in [-0.2, 0) is 0 Å². The van der Waals surface area contributed by atoms with Gasteiger partial charge in [-0.05, 0) is 25.4 Å². The zero-order valence-electron chi connectivity index (χ0n) is 10.5. The van der Waals surface area contributed by atoms with E-state index in [1.165, 1.54) is 0 Å². The molecule has 1 aromatic rings. The topological polar surface area (TPSA) is 62.4 Å². The number of aliphatic hydroxyl groups is 1. The van der Waals surface area contributed by atoms with Crippen LogP contribution in [0, 0.1) is 0 Å². The van der Waals surface area contributed by atoms with Crippen molar-refractivity contribution < 1.29 is 9.63 Å². The van der Waals surface area contributed by atoms with E-state index in [1.54, 1.807) is 0 Å². The van der Waals surface area contributed by atoms with Crippen molar-refractivity contribution in [1.29, 1.82) is 0 Å². The Kier molecular flexibility index (Phi) is 4.73. The van der Waals surface area contributed by atoms with Crippen LogP contribution in [0.2, 0.25) is 0 Å². The van der Waals surface area contributed by atoms with Gasteiger partial charge < -0.3 is 14.5 Å². The first-order valence-corrected chi connectivity index (χ1v) is 5.90. The molecule has 2 atom stereocenters. The third-order valence-electron chi connectivity index (χ3n) is 2.86. The van der Waals surface area contributed by atoms with Crippen LogP contribution >= 0.6 is 0 Å². The Morgan fingerprint density at radius 2 is 1.94 bits per heavy atom. The molecule has 0 saturated carbocycles. The summed E-state index contributed by atoms with van der Waals surface area (Å²) in [6, 6.07) is 0. The van der Waals surface area contributed by atoms with Crippen molar-refractivity contribution in [3.8, 4) is 0 Å². The largest absolute Gasteiger partial charge is 0.392 e. The lowest BCUT2D eigenvalue weighted by Crippen LogP contribution is -2.23. The molecule has 0 bridgehead atoms. The molecule has 0 radical (unpaired) electrons. The minimum atomic E-state index is -0.426. The predicted octanol–water partition coefficient (Wildman–Crippen LogP) is 1.79. The molecule has 0 aliphatic heterocycles. The molecule has 0 aliphatic rings. The zero-order valence-corrected chi connectivity index (χ0v) is 10.5. The molecule has 1 N–H and O–H groups in total. The fourth-order valence-corrected chi connectivity index (χ4v) is 1.56. The number of rotatable bonds is 6. The van der Waals surface area contributed by atoms with Crippen molar-refractivity contribution >= 4 is 5.95 Å². The molecule has 1 heterocycles. The molecule has 0 fully saturated rings. The first-order valence-electron chi connectivity index (χ1n) is 5.90. The van der Waals surface area contributed by atoms with Gasteiger partial charge in [-0.25, -0.2) is 0 Å². The summed E-state index contributed by atoms with van der Waals surface area (Å²) in [6.07, 6.45) is 0.259. The first kappa shape index (κ1) is 13.0. The highest BCUT2D eigenvalue weighted by Crippen LogP contribution is 2.21. The average molecular weight is 227 g/mol. The van der Waals surface area contributed by atoms with Crippen LogP contribution in [-0.4, -0.2) is 34.4 Å². The molecule has 16 heavy (non-hydrogen) atoms. The van der Waals surface area contributed by atoms with Gasteiger partial charge in [-0.15, -0.1) is 0 Å². The lowest BCUT2D eigenvalue weighted by atomic mass is 10.0. The Balaban J connectivity index is 2.77. The molecule has 1 aromatic heterocycles. The van der Waals surface area contributed by atoms with Gasteiger partial charge in [0, 0.05) is 13.1 Å². The molecule has 92 valence electrons. The van der Waals surface area contributed by atoms with Crippen LogP contribution < -0.4 is 4.90 Å². The fraction of sp³-hybridized carbons (Fsp3) is 0.818. The summed E-state index contributed by atoms with van der Waals surface area (Å²) in [5, 5.41) is 13.6. The Bertz CT molecular complexity index is 310. The maximum Gasteiger partial charge on any atom is 0.266 e. The molecule has 5 nitrogen and oxygen atoms in total. The summed E-state index contributed by atoms with van der Waals surface area (Å²) in [7, 11) is 0. The van der Waals surface area contributed by atoms with Gasteiger partial charge in [0.05, 0.1) is 12.0 Å². The predicted molar refractivity (Wildman–Crippen MR) is 62.6 cm³/mol. The number of nitrogens with zero attached hydrogens (tertiary/aromatic N) is 3. The quantitative estimate of drug-likeness (QED) is 0.802. The first-order chi connectivity index (χ1) is 7.63. The van der Waals surface area contributed by atoms with Crippen molar-refractivity contribution in [3.63, 3.8) is 0 Å². The fourth-order valence-electron chi connectivity index (χ4n) is 1.56. The highest BCUT2D eigenvalue weighted by atomic mass is 16.5. The normalized spacial score (nSPS) is 14.8. The van der Waals surface area contributed by atoms with Crippen LogP contribution in [0.25, 0.3) is 0 Å². The smallest absolute Gasteiger partial charge is 0.266 e. The number of hydrogen-bond acceptors (Lipinski definition) is 5. The molecule has 1 rings (SSSR count). The second-order valence-corrected chi connectivity index (χ2v) is 3.87. The summed E-state index contributed by atoms with van der Waals surface area (Å²) in [4.78, 5) is 6.32. The Morgan fingerprint density at radius 3 is 2.44 bits per heavy atom. The summed E-state index contributed by atoms with van der Waals surface area (Å²) in [5.74, 6) is 1.01. The summed E-state index contributed by atoms with van der Waals surface area (Å²) in [5.41, 5.74) is 0. The SMILES string of the molecule is CCC(O)C(C)c1nc(N(CC)CC)no1. The van der Waals surface area contributed by atoms with E-state index in [0.29, 0.717) is 18.3 Å². The van der Waals surface area contributed by atoms with Crippen molar-refractivity contribution in [2.75, 3.05) is 18.0 Å². The van der Waals surface area contributed by atoms with Crippen LogP contribution in [0.15, 0.2) is 4.52 Å². The van der Waals surface area contributed by atoms with Gasteiger partial charge in [-0.2, -0.15) is 4.98 Å². The highest BCUT2D eigenvalue weighted by molar-refractivity contribution is 5.27. The molecular formula is C11H21N3O2. The van der Waals surface area contributed by atoms with E-state index < -0.39 is 6.10 Å². The maximum atomic E-state index is 9.70. The van der Waals surface area contributed by atoms with Crippen molar-refractivity contribution in [2.24, 2.45) is 0 Å². The van der Waals surface area contributed by atoms with Crippen molar-refractivity contribution in [2.45, 2.75) is 46.1 Å². The van der Waals surface area contributed by atoms with E-state index in [0.717, 1.165) is 13.1 Å². The van der Waals surface area contributed by atoms with Crippen LogP contribution in [0.4, 0.5) is 5.95 Å². The van der Waals surface area contributed by atoms with E-state index in [2.05, 4.69) is 10.1 Å². The minimum Gasteiger partial charge on any atom is -0.392 e. The standard InChI is InChI=1S/C11H21N3O2/c1-5-9(15)8(4)10-12-11(13-16-10)14(6-2)7-3/h8-9,15H,5-7H2,1-4H3. The van der Waals surface area contributed by atoms with Gasteiger partial charge in [-0.3, -0.25) is 0 Å². The van der Waals surface area contributed by atoms with Gasteiger partial charge in [-0.1, -0.05) is 13.8 Å². The summed E-state index contributed by atoms with van der Waals surface area (Å²) >= 11 is 0. The Morgan fingerprint density at radius 1 is 1.31 bits per heavy atom. The number of aromatic nitrogens is 2. The van der Waals surface area contributed by atoms with E-state index in [-0.39, 0.29) is 5.92 Å². The van der Waals surface area contributed by atoms with Gasteiger partial charge in [0.2, 0.25) is 5.89 Å². The lowest BCUT2D eigenvalue weighted by molar-refractivity contribution is 0.129. The van der Waals surface area contributed by atoms with Crippen molar-refractivity contribution in [3.05, 3.63) is 5.89 Å². The second-order valence-electron chi connectivity index (χ2n) is 3.87. The van der Waals surface area contributed by atoms with Crippen LogP contribution in [0.1, 0.15) is 45.9 Å². The molecule has 0 spiro atoms. The van der Waals surface area contributed by atoms with Gasteiger partial charge >= 0.3 is 0 Å². The summed E-state index contributed by atoms with van der Waals surface area (Å²) < 4.78 is 5.17. The monoisotopic (exact) mass is 227 g/mol. The van der Waals surface area contributed by atoms with Gasteiger partial charge in [0.25, 0.3) is 5.95 Å². The van der Waals surface area contributed by atoms with Crippen LogP contribution in [0.5, 0.6) is 0 Å². The van der Waals surface area contributed by atoms with E-state index in [1.807, 2.05) is 32.6 Å². The van der Waals surface area contributed by atoms with Gasteiger partial charge in [0.1, 0.15) is 0 Å². The van der Waals surface area contributed by atoms with E-state index in [4.69, 9.17) is 4.52 Å². The number of anilines is 1.